The predicted molar refractivity (Wildman–Crippen MR) is 92.3 cm³/mol. The average molecular weight is 356 g/mol. The van der Waals surface area contributed by atoms with Gasteiger partial charge >= 0.3 is 6.03 Å². The number of para-hydroxylation sites is 1. The van der Waals surface area contributed by atoms with Crippen molar-refractivity contribution in [3.05, 3.63) is 59.1 Å². The van der Waals surface area contributed by atoms with Crippen LogP contribution in [0.4, 0.5) is 16.2 Å². The number of alkyl halides is 2. The Kier molecular flexibility index (Phi) is 4.22. The molecule has 0 aliphatic heterocycles. The minimum atomic E-state index is -0.735. The van der Waals surface area contributed by atoms with E-state index >= 15 is 0 Å². The van der Waals surface area contributed by atoms with Crippen molar-refractivity contribution in [3.8, 4) is 0 Å². The molecule has 0 bridgehead atoms. The number of halogens is 3. The molecule has 0 spiro atoms. The number of rotatable bonds is 3. The number of hydrogen-bond acceptors (Lipinski definition) is 1. The number of amides is 2. The molecule has 0 heterocycles. The minimum Gasteiger partial charge on any atom is -0.308 e. The molecule has 1 aliphatic rings. The summed E-state index contributed by atoms with van der Waals surface area (Å²) in [6.45, 7) is 0. The van der Waals surface area contributed by atoms with Crippen LogP contribution in [0.3, 0.4) is 0 Å². The Morgan fingerprint density at radius 1 is 1.09 bits per heavy atom. The lowest BCUT2D eigenvalue weighted by Crippen LogP contribution is -2.20. The first-order valence-corrected chi connectivity index (χ1v) is 7.89. The number of carbonyl (C=O) groups excluding carboxylic acids is 1. The molecule has 2 N–H and O–H groups in total. The summed E-state index contributed by atoms with van der Waals surface area (Å²) in [5.41, 5.74) is 2.27. The van der Waals surface area contributed by atoms with Gasteiger partial charge in [0.05, 0.1) is 0 Å². The number of carbonyl (C=O) groups is 1. The number of hydrogen-bond donors (Lipinski definition) is 2. The third-order valence-electron chi connectivity index (χ3n) is 3.49. The molecular formula is C16H13Cl3N2O. The number of anilines is 2. The Labute approximate surface area is 143 Å². The van der Waals surface area contributed by atoms with E-state index < -0.39 is 4.33 Å². The Balaban J connectivity index is 1.72. The van der Waals surface area contributed by atoms with Crippen LogP contribution in [0.15, 0.2) is 48.5 Å². The monoisotopic (exact) mass is 354 g/mol. The number of urea groups is 1. The van der Waals surface area contributed by atoms with E-state index in [1.54, 1.807) is 24.3 Å². The van der Waals surface area contributed by atoms with E-state index in [0.29, 0.717) is 22.8 Å². The summed E-state index contributed by atoms with van der Waals surface area (Å²) in [5, 5.41) is 6.13. The first kappa shape index (κ1) is 15.5. The van der Waals surface area contributed by atoms with Crippen molar-refractivity contribution >= 4 is 52.2 Å². The van der Waals surface area contributed by atoms with Crippen molar-refractivity contribution in [2.24, 2.45) is 0 Å². The van der Waals surface area contributed by atoms with Gasteiger partial charge in [0.2, 0.25) is 0 Å². The summed E-state index contributed by atoms with van der Waals surface area (Å²) in [5.74, 6) is 0.0403. The van der Waals surface area contributed by atoms with Gasteiger partial charge in [0.25, 0.3) is 0 Å². The second kappa shape index (κ2) is 5.99. The molecule has 114 valence electrons. The maximum atomic E-state index is 12.1. The van der Waals surface area contributed by atoms with Crippen LogP contribution in [0.1, 0.15) is 17.9 Å². The topological polar surface area (TPSA) is 41.1 Å². The van der Waals surface area contributed by atoms with E-state index in [2.05, 4.69) is 10.6 Å². The highest BCUT2D eigenvalue weighted by Crippen LogP contribution is 2.60. The van der Waals surface area contributed by atoms with E-state index in [1.807, 2.05) is 24.3 Å². The zero-order valence-electron chi connectivity index (χ0n) is 11.4. The molecule has 22 heavy (non-hydrogen) atoms. The summed E-state index contributed by atoms with van der Waals surface area (Å²) in [7, 11) is 0. The maximum absolute atomic E-state index is 12.1. The van der Waals surface area contributed by atoms with Gasteiger partial charge in [0.1, 0.15) is 4.33 Å². The molecule has 1 aliphatic carbocycles. The van der Waals surface area contributed by atoms with E-state index in [4.69, 9.17) is 34.8 Å². The van der Waals surface area contributed by atoms with Crippen molar-refractivity contribution in [2.45, 2.75) is 16.7 Å². The second-order valence-electron chi connectivity index (χ2n) is 5.19. The third-order valence-corrected chi connectivity index (χ3v) is 4.56. The zero-order valence-corrected chi connectivity index (χ0v) is 13.7. The van der Waals surface area contributed by atoms with Gasteiger partial charge in [-0.1, -0.05) is 35.9 Å². The van der Waals surface area contributed by atoms with Crippen LogP contribution in [0.25, 0.3) is 0 Å². The fourth-order valence-corrected chi connectivity index (χ4v) is 3.05. The lowest BCUT2D eigenvalue weighted by Gasteiger charge is -2.12. The van der Waals surface area contributed by atoms with Crippen LogP contribution in [-0.2, 0) is 0 Å². The molecule has 1 atom stereocenters. The molecule has 0 unspecified atom stereocenters. The van der Waals surface area contributed by atoms with Gasteiger partial charge in [-0.05, 0) is 36.2 Å². The summed E-state index contributed by atoms with van der Waals surface area (Å²) in [6.07, 6.45) is 0.685. The van der Waals surface area contributed by atoms with E-state index in [-0.39, 0.29) is 11.9 Å². The molecule has 2 aromatic rings. The molecule has 1 saturated carbocycles. The van der Waals surface area contributed by atoms with Gasteiger partial charge in [-0.3, -0.25) is 0 Å². The predicted octanol–water partition coefficient (Wildman–Crippen LogP) is 5.65. The molecular weight excluding hydrogens is 343 g/mol. The summed E-state index contributed by atoms with van der Waals surface area (Å²) < 4.78 is -0.735. The highest BCUT2D eigenvalue weighted by molar-refractivity contribution is 6.51. The van der Waals surface area contributed by atoms with Crippen LogP contribution in [-0.4, -0.2) is 10.4 Å². The van der Waals surface area contributed by atoms with Crippen LogP contribution < -0.4 is 10.6 Å². The lowest BCUT2D eigenvalue weighted by atomic mass is 10.1. The Bertz CT molecular complexity index is 718. The number of nitrogens with one attached hydrogen (secondary N) is 2. The van der Waals surface area contributed by atoms with Gasteiger partial charge in [-0.25, -0.2) is 4.79 Å². The van der Waals surface area contributed by atoms with E-state index in [9.17, 15) is 4.79 Å². The van der Waals surface area contributed by atoms with Crippen molar-refractivity contribution < 1.29 is 4.79 Å². The van der Waals surface area contributed by atoms with Gasteiger partial charge in [0.15, 0.2) is 0 Å². The van der Waals surface area contributed by atoms with Gasteiger partial charge < -0.3 is 10.6 Å². The standard InChI is InChI=1S/C16H13Cl3N2O/c17-10-4-3-5-11(8-10)20-15(22)21-14-7-2-1-6-12(14)13-9-16(13,18)19/h1-8,13H,9H2,(H2,20,21,22)/t13-/m0/s1. The van der Waals surface area contributed by atoms with E-state index in [0.717, 1.165) is 5.56 Å². The van der Waals surface area contributed by atoms with Crippen LogP contribution in [0.2, 0.25) is 5.02 Å². The molecule has 0 radical (unpaired) electrons. The molecule has 2 aromatic carbocycles. The zero-order chi connectivity index (χ0) is 15.7. The fraction of sp³-hybridized carbons (Fsp3) is 0.188. The minimum absolute atomic E-state index is 0.0403. The van der Waals surface area contributed by atoms with Crippen LogP contribution >= 0.6 is 34.8 Å². The smallest absolute Gasteiger partial charge is 0.308 e. The first-order chi connectivity index (χ1) is 10.5. The summed E-state index contributed by atoms with van der Waals surface area (Å²) >= 11 is 18.1. The molecule has 0 aromatic heterocycles. The largest absolute Gasteiger partial charge is 0.323 e. The Hall–Kier alpha value is -1.42. The molecule has 6 heteroatoms. The molecule has 2 amide bonds. The molecule has 0 saturated heterocycles. The van der Waals surface area contributed by atoms with Crippen molar-refractivity contribution in [1.82, 2.24) is 0 Å². The highest BCUT2D eigenvalue weighted by atomic mass is 35.5. The Morgan fingerprint density at radius 3 is 2.50 bits per heavy atom. The van der Waals surface area contributed by atoms with Crippen LogP contribution in [0, 0.1) is 0 Å². The quantitative estimate of drug-likeness (QED) is 0.687. The molecule has 3 nitrogen and oxygen atoms in total. The Morgan fingerprint density at radius 2 is 1.82 bits per heavy atom. The number of benzene rings is 2. The average Bonchev–Trinajstić information content (AvgIpc) is 3.08. The summed E-state index contributed by atoms with van der Waals surface area (Å²) in [6, 6.07) is 14.1. The fourth-order valence-electron chi connectivity index (χ4n) is 2.32. The summed E-state index contributed by atoms with van der Waals surface area (Å²) in [4.78, 5) is 12.1. The highest BCUT2D eigenvalue weighted by Gasteiger charge is 2.53. The van der Waals surface area contributed by atoms with E-state index in [1.165, 1.54) is 0 Å². The van der Waals surface area contributed by atoms with Gasteiger partial charge in [0, 0.05) is 22.3 Å². The SMILES string of the molecule is O=C(Nc1cccc(Cl)c1)Nc1ccccc1[C@@H]1CC1(Cl)Cl. The van der Waals surface area contributed by atoms with Crippen LogP contribution in [0.5, 0.6) is 0 Å². The molecule has 3 rings (SSSR count). The third kappa shape index (κ3) is 3.49. The van der Waals surface area contributed by atoms with Crippen molar-refractivity contribution in [3.63, 3.8) is 0 Å². The normalized spacial score (nSPS) is 18.6. The van der Waals surface area contributed by atoms with Gasteiger partial charge in [-0.2, -0.15) is 0 Å². The van der Waals surface area contributed by atoms with Gasteiger partial charge in [-0.15, -0.1) is 23.2 Å². The lowest BCUT2D eigenvalue weighted by molar-refractivity contribution is 0.262. The first-order valence-electron chi connectivity index (χ1n) is 6.76. The maximum Gasteiger partial charge on any atom is 0.323 e. The second-order valence-corrected chi connectivity index (χ2v) is 7.17. The van der Waals surface area contributed by atoms with Crippen molar-refractivity contribution in [2.75, 3.05) is 10.6 Å². The van der Waals surface area contributed by atoms with Crippen molar-refractivity contribution in [1.29, 1.82) is 0 Å². The molecule has 1 fully saturated rings.